The third-order valence-corrected chi connectivity index (χ3v) is 6.29. The van der Waals surface area contributed by atoms with Crippen LogP contribution in [0.25, 0.3) is 0 Å². The topological polar surface area (TPSA) is 44.4 Å². The molecule has 0 bridgehead atoms. The molecule has 2 aliphatic rings. The Bertz CT molecular complexity index is 811. The van der Waals surface area contributed by atoms with Crippen LogP contribution in [0.15, 0.2) is 24.5 Å². The van der Waals surface area contributed by atoms with Crippen LogP contribution >= 0.6 is 0 Å². The number of benzene rings is 1. The van der Waals surface area contributed by atoms with Gasteiger partial charge in [-0.1, -0.05) is 19.9 Å². The number of rotatable bonds is 5. The van der Waals surface area contributed by atoms with E-state index in [2.05, 4.69) is 28.6 Å². The smallest absolute Gasteiger partial charge is 0.165 e. The van der Waals surface area contributed by atoms with E-state index in [-0.39, 0.29) is 11.4 Å². The summed E-state index contributed by atoms with van der Waals surface area (Å²) < 4.78 is 19.1. The van der Waals surface area contributed by atoms with Gasteiger partial charge in [-0.05, 0) is 36.5 Å². The summed E-state index contributed by atoms with van der Waals surface area (Å²) in [5.74, 6) is 0.654. The molecule has 0 atom stereocenters. The van der Waals surface area contributed by atoms with Crippen LogP contribution in [-0.4, -0.2) is 53.1 Å². The van der Waals surface area contributed by atoms with Crippen LogP contribution in [0.3, 0.4) is 0 Å². The summed E-state index contributed by atoms with van der Waals surface area (Å²) in [6, 6.07) is 5.28. The predicted octanol–water partition coefficient (Wildman–Crippen LogP) is 3.56. The van der Waals surface area contributed by atoms with Crippen LogP contribution in [0.5, 0.6) is 5.75 Å². The van der Waals surface area contributed by atoms with Crippen LogP contribution in [0, 0.1) is 11.7 Å². The van der Waals surface area contributed by atoms with Crippen molar-refractivity contribution in [2.75, 3.05) is 33.3 Å². The number of fused-ring (bicyclic) bond motifs is 2. The van der Waals surface area contributed by atoms with Crippen molar-refractivity contribution in [3.8, 4) is 5.75 Å². The zero-order valence-corrected chi connectivity index (χ0v) is 17.2. The van der Waals surface area contributed by atoms with Crippen molar-refractivity contribution in [1.29, 1.82) is 0 Å². The lowest BCUT2D eigenvalue weighted by atomic mass is 9.78. The molecular weight excluding hydrogens is 355 g/mol. The van der Waals surface area contributed by atoms with Crippen LogP contribution in [0.2, 0.25) is 0 Å². The van der Waals surface area contributed by atoms with E-state index in [0.29, 0.717) is 11.7 Å². The molecule has 4 rings (SSSR count). The highest BCUT2D eigenvalue weighted by Gasteiger charge is 2.46. The number of imidazole rings is 1. The zero-order valence-electron chi connectivity index (χ0n) is 17.2. The molecule has 2 aromatic rings. The highest BCUT2D eigenvalue weighted by Crippen LogP contribution is 2.42. The number of halogens is 1. The van der Waals surface area contributed by atoms with Gasteiger partial charge in [0, 0.05) is 44.8 Å². The SMILES string of the molecule is COc1ccc(CN2CCC3(CC2)c2nc[nH]c2CCN3CC(C)C)cc1F. The van der Waals surface area contributed by atoms with E-state index < -0.39 is 0 Å². The monoisotopic (exact) mass is 386 g/mol. The second kappa shape index (κ2) is 7.84. The minimum Gasteiger partial charge on any atom is -0.494 e. The number of hydrogen-bond acceptors (Lipinski definition) is 4. The molecule has 1 spiro atoms. The van der Waals surface area contributed by atoms with Gasteiger partial charge in [0.2, 0.25) is 0 Å². The second-order valence-electron chi connectivity index (χ2n) is 8.60. The molecule has 1 aromatic heterocycles. The lowest BCUT2D eigenvalue weighted by Gasteiger charge is -2.51. The van der Waals surface area contributed by atoms with Crippen molar-refractivity contribution in [3.63, 3.8) is 0 Å². The molecule has 1 N–H and O–H groups in total. The molecular formula is C22H31FN4O. The number of ether oxygens (including phenoxy) is 1. The normalized spacial score (nSPS) is 19.9. The van der Waals surface area contributed by atoms with Gasteiger partial charge in [0.1, 0.15) is 0 Å². The molecule has 1 saturated heterocycles. The van der Waals surface area contributed by atoms with E-state index in [1.54, 1.807) is 12.1 Å². The molecule has 0 radical (unpaired) electrons. The first kappa shape index (κ1) is 19.4. The number of aromatic amines is 1. The molecule has 152 valence electrons. The van der Waals surface area contributed by atoms with Gasteiger partial charge in [-0.25, -0.2) is 9.37 Å². The molecule has 1 aromatic carbocycles. The van der Waals surface area contributed by atoms with Crippen molar-refractivity contribution in [1.82, 2.24) is 19.8 Å². The maximum atomic E-state index is 14.0. The summed E-state index contributed by atoms with van der Waals surface area (Å²) >= 11 is 0. The van der Waals surface area contributed by atoms with Crippen molar-refractivity contribution in [3.05, 3.63) is 47.3 Å². The molecule has 3 heterocycles. The minimum absolute atomic E-state index is 0.0412. The fraction of sp³-hybridized carbons (Fsp3) is 0.591. The Hall–Kier alpha value is -1.92. The second-order valence-corrected chi connectivity index (χ2v) is 8.60. The van der Waals surface area contributed by atoms with E-state index >= 15 is 0 Å². The van der Waals surface area contributed by atoms with Gasteiger partial charge in [0.15, 0.2) is 11.6 Å². The number of aromatic nitrogens is 2. The Morgan fingerprint density at radius 3 is 2.71 bits per heavy atom. The van der Waals surface area contributed by atoms with Crippen molar-refractivity contribution >= 4 is 0 Å². The summed E-state index contributed by atoms with van der Waals surface area (Å²) in [5.41, 5.74) is 3.61. The number of nitrogens with one attached hydrogen (secondary N) is 1. The number of hydrogen-bond donors (Lipinski definition) is 1. The number of nitrogens with zero attached hydrogens (tertiary/aromatic N) is 3. The highest BCUT2D eigenvalue weighted by molar-refractivity contribution is 5.30. The van der Waals surface area contributed by atoms with E-state index in [4.69, 9.17) is 9.72 Å². The van der Waals surface area contributed by atoms with Crippen LogP contribution in [0.4, 0.5) is 4.39 Å². The molecule has 28 heavy (non-hydrogen) atoms. The Morgan fingerprint density at radius 1 is 1.25 bits per heavy atom. The van der Waals surface area contributed by atoms with Crippen molar-refractivity contribution in [2.45, 2.75) is 45.2 Å². The van der Waals surface area contributed by atoms with Gasteiger partial charge < -0.3 is 9.72 Å². The zero-order chi connectivity index (χ0) is 19.7. The van der Waals surface area contributed by atoms with Crippen molar-refractivity contribution < 1.29 is 9.13 Å². The highest BCUT2D eigenvalue weighted by atomic mass is 19.1. The molecule has 6 heteroatoms. The summed E-state index contributed by atoms with van der Waals surface area (Å²) in [5, 5.41) is 0. The summed E-state index contributed by atoms with van der Waals surface area (Å²) in [4.78, 5) is 13.2. The minimum atomic E-state index is -0.287. The fourth-order valence-electron chi connectivity index (χ4n) is 4.93. The molecule has 0 saturated carbocycles. The standard InChI is InChI=1S/C22H31FN4O/c1-16(2)13-27-9-6-19-21(25-15-24-19)22(27)7-10-26(11-8-22)14-17-4-5-20(28-3)18(23)12-17/h4-5,12,15-16H,6-11,13-14H2,1-3H3,(H,24,25). The molecule has 0 amide bonds. The van der Waals surface area contributed by atoms with Crippen molar-refractivity contribution in [2.24, 2.45) is 5.92 Å². The first-order valence-corrected chi connectivity index (χ1v) is 10.3. The Balaban J connectivity index is 1.49. The van der Waals surface area contributed by atoms with E-state index in [1.165, 1.54) is 18.5 Å². The average molecular weight is 387 g/mol. The summed E-state index contributed by atoms with van der Waals surface area (Å²) in [7, 11) is 1.50. The largest absolute Gasteiger partial charge is 0.494 e. The van der Waals surface area contributed by atoms with Gasteiger partial charge in [0.25, 0.3) is 0 Å². The van der Waals surface area contributed by atoms with E-state index in [0.717, 1.165) is 57.5 Å². The van der Waals surface area contributed by atoms with Crippen LogP contribution in [-0.2, 0) is 18.5 Å². The number of methoxy groups -OCH3 is 1. The third kappa shape index (κ3) is 3.55. The van der Waals surface area contributed by atoms with Crippen LogP contribution in [0.1, 0.15) is 43.6 Å². The molecule has 2 aliphatic heterocycles. The van der Waals surface area contributed by atoms with Gasteiger partial charge in [0.05, 0.1) is 24.7 Å². The summed E-state index contributed by atoms with van der Waals surface area (Å²) in [6.45, 7) is 9.55. The molecule has 1 fully saturated rings. The van der Waals surface area contributed by atoms with Gasteiger partial charge >= 0.3 is 0 Å². The quantitative estimate of drug-likeness (QED) is 0.853. The lowest BCUT2D eigenvalue weighted by molar-refractivity contribution is -0.00357. The fourth-order valence-corrected chi connectivity index (χ4v) is 4.93. The molecule has 5 nitrogen and oxygen atoms in total. The Kier molecular flexibility index (Phi) is 5.43. The predicted molar refractivity (Wildman–Crippen MR) is 108 cm³/mol. The maximum Gasteiger partial charge on any atom is 0.165 e. The van der Waals surface area contributed by atoms with Gasteiger partial charge in [-0.2, -0.15) is 0 Å². The van der Waals surface area contributed by atoms with Gasteiger partial charge in [-0.15, -0.1) is 0 Å². The number of piperidine rings is 1. The first-order chi connectivity index (χ1) is 13.5. The van der Waals surface area contributed by atoms with E-state index in [1.807, 2.05) is 12.4 Å². The Labute approximate surface area is 166 Å². The lowest BCUT2D eigenvalue weighted by Crippen LogP contribution is -2.57. The third-order valence-electron chi connectivity index (χ3n) is 6.29. The number of likely N-dealkylation sites (tertiary alicyclic amines) is 1. The molecule has 0 unspecified atom stereocenters. The number of H-pyrrole nitrogens is 1. The average Bonchev–Trinajstić information content (AvgIpc) is 3.16. The Morgan fingerprint density at radius 2 is 2.04 bits per heavy atom. The molecule has 0 aliphatic carbocycles. The first-order valence-electron chi connectivity index (χ1n) is 10.3. The van der Waals surface area contributed by atoms with Gasteiger partial charge in [-0.3, -0.25) is 9.80 Å². The van der Waals surface area contributed by atoms with E-state index in [9.17, 15) is 4.39 Å². The maximum absolute atomic E-state index is 14.0. The van der Waals surface area contributed by atoms with Crippen LogP contribution < -0.4 is 4.74 Å². The summed E-state index contributed by atoms with van der Waals surface area (Å²) in [6.07, 6.45) is 5.04.